The van der Waals surface area contributed by atoms with E-state index in [0.717, 1.165) is 28.7 Å². The van der Waals surface area contributed by atoms with E-state index in [2.05, 4.69) is 21.3 Å². The van der Waals surface area contributed by atoms with Crippen molar-refractivity contribution in [3.63, 3.8) is 0 Å². The van der Waals surface area contributed by atoms with Crippen molar-refractivity contribution in [2.45, 2.75) is 61.5 Å². The summed E-state index contributed by atoms with van der Waals surface area (Å²) in [6, 6.07) is 28.4. The van der Waals surface area contributed by atoms with E-state index in [1.807, 2.05) is 84.3 Å². The number of aliphatic carboxylic acids is 1. The molecule has 5 atom stereocenters. The zero-order valence-electron chi connectivity index (χ0n) is 29.5. The lowest BCUT2D eigenvalue weighted by atomic mass is 9.99. The summed E-state index contributed by atoms with van der Waals surface area (Å²) in [4.78, 5) is 67.9. The quantitative estimate of drug-likeness (QED) is 0.168. The number of rotatable bonds is 8. The fourth-order valence-corrected chi connectivity index (χ4v) is 7.37. The van der Waals surface area contributed by atoms with Crippen molar-refractivity contribution in [3.05, 3.63) is 137 Å². The van der Waals surface area contributed by atoms with Gasteiger partial charge in [0.1, 0.15) is 29.9 Å². The van der Waals surface area contributed by atoms with Crippen LogP contribution in [0.2, 0.25) is 0 Å². The van der Waals surface area contributed by atoms with Crippen LogP contribution >= 0.6 is 11.8 Å². The molecule has 0 radical (unpaired) electrons. The number of hydrogen-bond acceptors (Lipinski definition) is 7. The first-order valence-corrected chi connectivity index (χ1v) is 18.8. The van der Waals surface area contributed by atoms with Crippen LogP contribution < -0.4 is 26.0 Å². The minimum Gasteiger partial charge on any atom is -0.484 e. The Hall–Kier alpha value is -5.88. The Morgan fingerprint density at radius 1 is 0.667 bits per heavy atom. The zero-order chi connectivity index (χ0) is 37.9. The van der Waals surface area contributed by atoms with Crippen molar-refractivity contribution >= 4 is 41.4 Å². The highest BCUT2D eigenvalue weighted by molar-refractivity contribution is 8.03. The molecule has 4 aromatic rings. The molecule has 5 N–H and O–H groups in total. The number of carbonyl (C=O) groups is 5. The Kier molecular flexibility index (Phi) is 12.8. The van der Waals surface area contributed by atoms with Crippen molar-refractivity contribution in [2.75, 3.05) is 6.61 Å². The number of amides is 4. The Balaban J connectivity index is 1.33. The average molecular weight is 747 g/mol. The maximum Gasteiger partial charge on any atom is 0.326 e. The molecule has 3 heterocycles. The van der Waals surface area contributed by atoms with Gasteiger partial charge < -0.3 is 31.1 Å². The van der Waals surface area contributed by atoms with Crippen LogP contribution in [0.4, 0.5) is 0 Å². The maximum absolute atomic E-state index is 14.3. The van der Waals surface area contributed by atoms with Crippen molar-refractivity contribution < 1.29 is 33.8 Å². The predicted molar refractivity (Wildman–Crippen MR) is 206 cm³/mol. The third-order valence-electron chi connectivity index (χ3n) is 9.31. The maximum atomic E-state index is 14.3. The number of allylic oxidation sites excluding steroid dienone is 1. The van der Waals surface area contributed by atoms with E-state index in [1.54, 1.807) is 48.2 Å². The van der Waals surface area contributed by atoms with Gasteiger partial charge in [-0.05, 0) is 58.2 Å². The number of benzene rings is 4. The van der Waals surface area contributed by atoms with Crippen LogP contribution in [-0.2, 0) is 43.2 Å². The van der Waals surface area contributed by atoms with Crippen LogP contribution in [0.1, 0.15) is 29.5 Å². The fraction of sp³-hybridized carbons (Fsp3) is 0.262. The highest BCUT2D eigenvalue weighted by Gasteiger charge is 2.33. The largest absolute Gasteiger partial charge is 0.484 e. The normalized spacial score (nSPS) is 22.4. The van der Waals surface area contributed by atoms with E-state index < -0.39 is 53.8 Å². The Bertz CT molecular complexity index is 1950. The summed E-state index contributed by atoms with van der Waals surface area (Å²) >= 11 is 1.57. The van der Waals surface area contributed by atoms with Crippen LogP contribution in [0.3, 0.4) is 0 Å². The fourth-order valence-electron chi connectivity index (χ4n) is 6.40. The van der Waals surface area contributed by atoms with Gasteiger partial charge in [0.15, 0.2) is 6.61 Å². The number of ether oxygens (including phenoxy) is 1. The summed E-state index contributed by atoms with van der Waals surface area (Å²) in [5, 5.41) is 23.2. The molecule has 54 heavy (non-hydrogen) atoms. The van der Waals surface area contributed by atoms with E-state index in [4.69, 9.17) is 4.74 Å². The van der Waals surface area contributed by atoms with Gasteiger partial charge in [-0.2, -0.15) is 0 Å². The third kappa shape index (κ3) is 10.6. The minimum atomic E-state index is -1.31. The van der Waals surface area contributed by atoms with E-state index >= 15 is 0 Å². The van der Waals surface area contributed by atoms with E-state index in [1.165, 1.54) is 0 Å². The van der Waals surface area contributed by atoms with Gasteiger partial charge in [-0.25, -0.2) is 4.79 Å². The van der Waals surface area contributed by atoms with Gasteiger partial charge >= 0.3 is 5.97 Å². The molecule has 3 aliphatic heterocycles. The second kappa shape index (κ2) is 18.2. The molecule has 0 saturated carbocycles. The van der Waals surface area contributed by atoms with Gasteiger partial charge in [-0.15, -0.1) is 11.8 Å². The Morgan fingerprint density at radius 2 is 1.24 bits per heavy atom. The molecule has 0 saturated heterocycles. The van der Waals surface area contributed by atoms with E-state index in [9.17, 15) is 29.1 Å². The minimum absolute atomic E-state index is 0.0371. The van der Waals surface area contributed by atoms with Gasteiger partial charge in [0.05, 0.1) is 0 Å². The van der Waals surface area contributed by atoms with Crippen LogP contribution in [0, 0.1) is 0 Å². The molecule has 3 aliphatic rings. The Labute approximate surface area is 318 Å². The van der Waals surface area contributed by atoms with E-state index in [0.29, 0.717) is 17.7 Å². The molecule has 12 heteroatoms. The molecule has 0 fully saturated rings. The predicted octanol–water partition coefficient (Wildman–Crippen LogP) is 4.21. The second-order valence-corrected chi connectivity index (χ2v) is 14.5. The lowest BCUT2D eigenvalue weighted by Gasteiger charge is -2.27. The number of thioether (sulfide) groups is 1. The van der Waals surface area contributed by atoms with Crippen LogP contribution in [-0.4, -0.2) is 70.7 Å². The number of nitrogens with one attached hydrogen (secondary N) is 4. The standard InChI is InChI=1S/C42H42N4O7S/c47-38-26-53-32-19-15-29(16-20-32)24-37(42(51)52)46-40(49)34(22-27-8-3-1-4-9-27)44-39(48)35(45-41(50)36(43-38)25-33-12-7-21-54-33)23-28-13-17-31(18-14-28)30-10-5-2-6-11-30/h1-11,13-21,33-37H,12,22-26H2,(H,43,47)(H,44,48)(H,45,50)(H,46,49)(H,51,52)/t33?,34-,35-,36-,37-/m0/s1. The summed E-state index contributed by atoms with van der Waals surface area (Å²) in [5.74, 6) is -3.29. The molecule has 0 aromatic heterocycles. The second-order valence-electron chi connectivity index (χ2n) is 13.3. The van der Waals surface area contributed by atoms with Crippen molar-refractivity contribution in [3.8, 4) is 16.9 Å². The molecule has 278 valence electrons. The summed E-state index contributed by atoms with van der Waals surface area (Å²) in [5.41, 5.74) is 4.09. The first kappa shape index (κ1) is 37.9. The zero-order valence-corrected chi connectivity index (χ0v) is 30.3. The number of hydrogen-bond donors (Lipinski definition) is 5. The lowest BCUT2D eigenvalue weighted by molar-refractivity contribution is -0.142. The smallest absolute Gasteiger partial charge is 0.326 e. The van der Waals surface area contributed by atoms with Crippen LogP contribution in [0.25, 0.3) is 11.1 Å². The number of carboxylic acids is 1. The molecule has 2 bridgehead atoms. The van der Waals surface area contributed by atoms with Gasteiger partial charge in [-0.1, -0.05) is 103 Å². The van der Waals surface area contributed by atoms with Crippen molar-refractivity contribution in [2.24, 2.45) is 0 Å². The lowest BCUT2D eigenvalue weighted by Crippen LogP contribution is -2.59. The molecule has 4 aromatic carbocycles. The Morgan fingerprint density at radius 3 is 1.85 bits per heavy atom. The molecular formula is C42H42N4O7S. The summed E-state index contributed by atoms with van der Waals surface area (Å²) < 4.78 is 5.70. The average Bonchev–Trinajstić information content (AvgIpc) is 3.70. The number of carbonyl (C=O) groups excluding carboxylic acids is 4. The topological polar surface area (TPSA) is 163 Å². The number of fused-ring (bicyclic) bond motifs is 16. The summed E-state index contributed by atoms with van der Waals surface area (Å²) in [6.07, 6.45) is 3.13. The molecule has 0 aliphatic carbocycles. The van der Waals surface area contributed by atoms with Crippen molar-refractivity contribution in [1.29, 1.82) is 0 Å². The van der Waals surface area contributed by atoms with Crippen LogP contribution in [0.5, 0.6) is 5.75 Å². The van der Waals surface area contributed by atoms with E-state index in [-0.39, 0.29) is 31.1 Å². The van der Waals surface area contributed by atoms with Crippen molar-refractivity contribution in [1.82, 2.24) is 21.3 Å². The monoisotopic (exact) mass is 746 g/mol. The molecule has 11 nitrogen and oxygen atoms in total. The highest BCUT2D eigenvalue weighted by Crippen LogP contribution is 2.28. The first-order valence-electron chi connectivity index (χ1n) is 17.8. The van der Waals surface area contributed by atoms with Gasteiger partial charge in [-0.3, -0.25) is 19.2 Å². The summed E-state index contributed by atoms with van der Waals surface area (Å²) in [6.45, 7) is -0.369. The van der Waals surface area contributed by atoms with Gasteiger partial charge in [0.25, 0.3) is 5.91 Å². The molecule has 0 spiro atoms. The molecule has 1 unspecified atom stereocenters. The van der Waals surface area contributed by atoms with Gasteiger partial charge in [0, 0.05) is 24.5 Å². The highest BCUT2D eigenvalue weighted by atomic mass is 32.2. The molecular weight excluding hydrogens is 705 g/mol. The SMILES string of the molecule is O=C1COc2ccc(cc2)C[C@@H](C(=O)O)NC(=O)[C@H](Cc2ccccc2)NC(=O)[C@H](Cc2ccc(-c3ccccc3)cc2)NC(=O)[C@H](CC2CC=CS2)N1. The summed E-state index contributed by atoms with van der Waals surface area (Å²) in [7, 11) is 0. The molecule has 7 rings (SSSR count). The first-order chi connectivity index (χ1) is 26.2. The number of carboxylic acid groups (broad SMARTS) is 1. The molecule has 4 amide bonds. The van der Waals surface area contributed by atoms with Gasteiger partial charge in [0.2, 0.25) is 17.7 Å². The van der Waals surface area contributed by atoms with Crippen LogP contribution in [0.15, 0.2) is 121 Å². The third-order valence-corrected chi connectivity index (χ3v) is 10.4.